The summed E-state index contributed by atoms with van der Waals surface area (Å²) in [6, 6.07) is 1.51. The lowest BCUT2D eigenvalue weighted by Gasteiger charge is -2.19. The molecule has 28 heavy (non-hydrogen) atoms. The van der Waals surface area contributed by atoms with Crippen LogP contribution >= 0.6 is 0 Å². The van der Waals surface area contributed by atoms with Crippen molar-refractivity contribution in [3.8, 4) is 0 Å². The zero-order valence-corrected chi connectivity index (χ0v) is 15.6. The van der Waals surface area contributed by atoms with Gasteiger partial charge in [-0.2, -0.15) is 18.1 Å². The molecule has 2 aromatic rings. The van der Waals surface area contributed by atoms with Crippen LogP contribution in [0, 0.1) is 0 Å². The molecule has 0 spiro atoms. The molecular formula is C14H14F3N5O5S. The number of imide groups is 1. The molecule has 0 aliphatic heterocycles. The monoisotopic (exact) mass is 421 g/mol. The number of alkyl halides is 3. The van der Waals surface area contributed by atoms with Crippen molar-refractivity contribution in [1.29, 1.82) is 0 Å². The summed E-state index contributed by atoms with van der Waals surface area (Å²) in [4.78, 5) is 24.6. The van der Waals surface area contributed by atoms with Crippen LogP contribution in [0.2, 0.25) is 0 Å². The van der Waals surface area contributed by atoms with Gasteiger partial charge in [-0.05, 0) is 35.5 Å². The third-order valence-electron chi connectivity index (χ3n) is 3.39. The fourth-order valence-electron chi connectivity index (χ4n) is 2.16. The maximum Gasteiger partial charge on any atom is 0.424 e. The first-order valence-electron chi connectivity index (χ1n) is 7.52. The van der Waals surface area contributed by atoms with Crippen molar-refractivity contribution in [3.05, 3.63) is 29.3 Å². The van der Waals surface area contributed by atoms with Gasteiger partial charge in [-0.15, -0.1) is 0 Å². The zero-order valence-electron chi connectivity index (χ0n) is 14.8. The third-order valence-corrected chi connectivity index (χ3v) is 4.53. The normalized spacial score (nSPS) is 11.9. The lowest BCUT2D eigenvalue weighted by atomic mass is 10.1. The highest BCUT2D eigenvalue weighted by molar-refractivity contribution is 7.90. The van der Waals surface area contributed by atoms with Crippen LogP contribution in [0.25, 0.3) is 0 Å². The number of anilines is 1. The minimum absolute atomic E-state index is 0.139. The molecule has 10 nitrogen and oxygen atoms in total. The van der Waals surface area contributed by atoms with Crippen molar-refractivity contribution >= 4 is 27.8 Å². The molecule has 0 saturated carbocycles. The molecule has 2 amide bonds. The SMILES string of the molecule is CCOC(=O)N(C(=O)c1ccc(C(F)(F)F)cc1S(C)(=O)=O)c1nnnn1C. The number of ether oxygens (including phenoxy) is 1. The summed E-state index contributed by atoms with van der Waals surface area (Å²) in [5.74, 6) is -1.69. The molecule has 1 aromatic carbocycles. The first-order chi connectivity index (χ1) is 12.9. The summed E-state index contributed by atoms with van der Waals surface area (Å²) < 4.78 is 68.6. The van der Waals surface area contributed by atoms with Crippen molar-refractivity contribution < 1.29 is 35.9 Å². The van der Waals surface area contributed by atoms with Gasteiger partial charge in [0.1, 0.15) is 0 Å². The Morgan fingerprint density at radius 1 is 1.29 bits per heavy atom. The van der Waals surface area contributed by atoms with Crippen molar-refractivity contribution in [2.45, 2.75) is 18.0 Å². The molecule has 0 bridgehead atoms. The van der Waals surface area contributed by atoms with E-state index >= 15 is 0 Å². The summed E-state index contributed by atoms with van der Waals surface area (Å²) in [5.41, 5.74) is -1.95. The van der Waals surface area contributed by atoms with Gasteiger partial charge < -0.3 is 4.74 Å². The van der Waals surface area contributed by atoms with Crippen LogP contribution in [0.15, 0.2) is 23.1 Å². The highest BCUT2D eigenvalue weighted by atomic mass is 32.2. The smallest absolute Gasteiger partial charge is 0.424 e. The van der Waals surface area contributed by atoms with Crippen LogP contribution < -0.4 is 4.90 Å². The van der Waals surface area contributed by atoms with Gasteiger partial charge in [-0.3, -0.25) is 4.79 Å². The van der Waals surface area contributed by atoms with Gasteiger partial charge in [-0.25, -0.2) is 17.9 Å². The van der Waals surface area contributed by atoms with Gasteiger partial charge in [0.2, 0.25) is 0 Å². The third kappa shape index (κ3) is 4.27. The van der Waals surface area contributed by atoms with Gasteiger partial charge in [-0.1, -0.05) is 5.10 Å². The number of sulfone groups is 1. The highest BCUT2D eigenvalue weighted by Gasteiger charge is 2.36. The highest BCUT2D eigenvalue weighted by Crippen LogP contribution is 2.32. The summed E-state index contributed by atoms with van der Waals surface area (Å²) in [6.45, 7) is 1.31. The Morgan fingerprint density at radius 2 is 1.93 bits per heavy atom. The Morgan fingerprint density at radius 3 is 2.39 bits per heavy atom. The molecule has 0 aliphatic carbocycles. The van der Waals surface area contributed by atoms with Crippen molar-refractivity contribution in [2.24, 2.45) is 7.05 Å². The van der Waals surface area contributed by atoms with E-state index in [0.717, 1.165) is 4.68 Å². The van der Waals surface area contributed by atoms with Crippen LogP contribution in [-0.4, -0.2) is 53.5 Å². The van der Waals surface area contributed by atoms with E-state index in [-0.39, 0.29) is 6.61 Å². The van der Waals surface area contributed by atoms with Crippen molar-refractivity contribution in [1.82, 2.24) is 20.2 Å². The fourth-order valence-corrected chi connectivity index (χ4v) is 3.06. The number of carbonyl (C=O) groups is 2. The number of hydrogen-bond acceptors (Lipinski definition) is 8. The molecule has 1 aromatic heterocycles. The van der Waals surface area contributed by atoms with Crippen molar-refractivity contribution in [2.75, 3.05) is 17.8 Å². The van der Waals surface area contributed by atoms with E-state index in [0.29, 0.717) is 29.4 Å². The lowest BCUT2D eigenvalue weighted by Crippen LogP contribution is -2.40. The summed E-state index contributed by atoms with van der Waals surface area (Å²) in [6.07, 6.45) is -5.43. The molecule has 0 radical (unpaired) electrons. The quantitative estimate of drug-likeness (QED) is 0.726. The van der Waals surface area contributed by atoms with Gasteiger partial charge in [0.15, 0.2) is 9.84 Å². The van der Waals surface area contributed by atoms with Crippen LogP contribution in [0.4, 0.5) is 23.9 Å². The maximum absolute atomic E-state index is 13.0. The number of benzene rings is 1. The second kappa shape index (κ2) is 7.53. The number of rotatable bonds is 4. The first kappa shape index (κ1) is 21.3. The molecular weight excluding hydrogens is 407 g/mol. The molecule has 1 heterocycles. The Kier molecular flexibility index (Phi) is 5.72. The molecule has 152 valence electrons. The molecule has 2 rings (SSSR count). The molecule has 0 N–H and O–H groups in total. The molecule has 0 saturated heterocycles. The molecule has 0 fully saturated rings. The van der Waals surface area contributed by atoms with E-state index in [1.54, 1.807) is 0 Å². The second-order valence-corrected chi connectivity index (χ2v) is 7.41. The number of carbonyl (C=O) groups excluding carboxylic acids is 2. The summed E-state index contributed by atoms with van der Waals surface area (Å²) in [5, 5.41) is 10.2. The molecule has 0 aliphatic rings. The Balaban J connectivity index is 2.68. The van der Waals surface area contributed by atoms with Crippen LogP contribution in [0.1, 0.15) is 22.8 Å². The topological polar surface area (TPSA) is 124 Å². The minimum atomic E-state index is -4.84. The van der Waals surface area contributed by atoms with E-state index in [4.69, 9.17) is 4.74 Å². The van der Waals surface area contributed by atoms with E-state index in [1.807, 2.05) is 0 Å². The number of halogens is 3. The molecule has 0 atom stereocenters. The number of aromatic nitrogens is 4. The van der Waals surface area contributed by atoms with Gasteiger partial charge in [0, 0.05) is 13.3 Å². The van der Waals surface area contributed by atoms with Gasteiger partial charge in [0.25, 0.3) is 11.9 Å². The Hall–Kier alpha value is -3.03. The van der Waals surface area contributed by atoms with E-state index in [9.17, 15) is 31.2 Å². The standard InChI is InChI=1S/C14H14F3N5O5S/c1-4-27-13(24)22(12-18-19-20-21(12)2)11(23)9-6-5-8(14(15,16)17)7-10(9)28(3,25)26/h5-7H,4H2,1-3H3. The van der Waals surface area contributed by atoms with E-state index < -0.39 is 50.0 Å². The second-order valence-electron chi connectivity index (χ2n) is 5.42. The van der Waals surface area contributed by atoms with Crippen molar-refractivity contribution in [3.63, 3.8) is 0 Å². The van der Waals surface area contributed by atoms with Crippen LogP contribution in [0.3, 0.4) is 0 Å². The van der Waals surface area contributed by atoms with E-state index in [1.165, 1.54) is 14.0 Å². The predicted octanol–water partition coefficient (Wildman–Crippen LogP) is 1.44. The van der Waals surface area contributed by atoms with Crippen LogP contribution in [-0.2, 0) is 27.8 Å². The van der Waals surface area contributed by atoms with Gasteiger partial charge >= 0.3 is 12.3 Å². The summed E-state index contributed by atoms with van der Waals surface area (Å²) in [7, 11) is -2.98. The number of nitrogens with zero attached hydrogens (tertiary/aromatic N) is 5. The number of amides is 2. The summed E-state index contributed by atoms with van der Waals surface area (Å²) >= 11 is 0. The Bertz CT molecular complexity index is 1020. The fraction of sp³-hybridized carbons (Fsp3) is 0.357. The number of aryl methyl sites for hydroxylation is 1. The van der Waals surface area contributed by atoms with Crippen LogP contribution in [0.5, 0.6) is 0 Å². The van der Waals surface area contributed by atoms with Gasteiger partial charge in [0.05, 0.1) is 22.6 Å². The average molecular weight is 421 g/mol. The maximum atomic E-state index is 13.0. The zero-order chi connectivity index (χ0) is 21.3. The van der Waals surface area contributed by atoms with E-state index in [2.05, 4.69) is 15.5 Å². The molecule has 14 heteroatoms. The minimum Gasteiger partial charge on any atom is -0.449 e. The number of tetrazole rings is 1. The largest absolute Gasteiger partial charge is 0.449 e. The average Bonchev–Trinajstić information content (AvgIpc) is 2.99. The first-order valence-corrected chi connectivity index (χ1v) is 9.42. The lowest BCUT2D eigenvalue weighted by molar-refractivity contribution is -0.137. The predicted molar refractivity (Wildman–Crippen MR) is 87.2 cm³/mol. The number of hydrogen-bond donors (Lipinski definition) is 0. The Labute approximate surface area is 156 Å². The molecule has 0 unspecified atom stereocenters.